The van der Waals surface area contributed by atoms with Gasteiger partial charge in [-0.1, -0.05) is 205 Å². The van der Waals surface area contributed by atoms with E-state index in [0.717, 1.165) is 51.4 Å². The number of phosphoric ester groups is 1. The Morgan fingerprint density at radius 2 is 0.803 bits per heavy atom. The Hall–Kier alpha value is -1.51. The van der Waals surface area contributed by atoms with Gasteiger partial charge in [0.25, 0.3) is 0 Å². The average Bonchev–Trinajstić information content (AvgIpc) is 3.25. The number of nitrogens with two attached hydrogens (primary N) is 1. The zero-order valence-corrected chi connectivity index (χ0v) is 40.8. The number of ether oxygens (including phenoxy) is 2. The van der Waals surface area contributed by atoms with E-state index in [1.807, 2.05) is 0 Å². The van der Waals surface area contributed by atoms with Crippen LogP contribution in [0.2, 0.25) is 0 Å². The molecule has 0 saturated heterocycles. The molecule has 0 heterocycles. The Bertz CT molecular complexity index is 1050. The topological polar surface area (TPSA) is 134 Å². The van der Waals surface area contributed by atoms with Gasteiger partial charge < -0.3 is 20.1 Å². The monoisotopic (exact) mass is 884 g/mol. The molecule has 10 heteroatoms. The second kappa shape index (κ2) is 48.0. The molecule has 0 aliphatic heterocycles. The minimum absolute atomic E-state index is 0.0541. The number of esters is 2. The lowest BCUT2D eigenvalue weighted by molar-refractivity contribution is -0.161. The molecule has 0 fully saturated rings. The summed E-state index contributed by atoms with van der Waals surface area (Å²) in [7, 11) is -4.38. The number of hydrogen-bond donors (Lipinski definition) is 2. The Balaban J connectivity index is 3.94. The molecule has 2 unspecified atom stereocenters. The van der Waals surface area contributed by atoms with Crippen LogP contribution in [0.3, 0.4) is 0 Å². The summed E-state index contributed by atoms with van der Waals surface area (Å²) >= 11 is 0. The predicted octanol–water partition coefficient (Wildman–Crippen LogP) is 15.5. The van der Waals surface area contributed by atoms with Crippen LogP contribution in [0.4, 0.5) is 0 Å². The van der Waals surface area contributed by atoms with Crippen LogP contribution in [-0.4, -0.2) is 49.3 Å². The molecule has 0 saturated carbocycles. The molecule has 0 aliphatic rings. The molecule has 360 valence electrons. The van der Waals surface area contributed by atoms with Crippen LogP contribution in [0.15, 0.2) is 24.3 Å². The summed E-state index contributed by atoms with van der Waals surface area (Å²) in [6, 6.07) is 0. The highest BCUT2D eigenvalue weighted by atomic mass is 31.2. The van der Waals surface area contributed by atoms with E-state index in [-0.39, 0.29) is 38.6 Å². The summed E-state index contributed by atoms with van der Waals surface area (Å²) in [5.74, 6) is -0.828. The summed E-state index contributed by atoms with van der Waals surface area (Å²) in [6.45, 7) is 3.74. The van der Waals surface area contributed by atoms with Gasteiger partial charge in [-0.3, -0.25) is 18.6 Å². The van der Waals surface area contributed by atoms with Crippen LogP contribution in [0, 0.1) is 0 Å². The van der Waals surface area contributed by atoms with E-state index in [9.17, 15) is 19.0 Å². The fraction of sp³-hybridized carbons (Fsp3) is 0.882. The summed E-state index contributed by atoms with van der Waals surface area (Å²) in [6.07, 6.45) is 53.7. The maximum absolute atomic E-state index is 12.6. The van der Waals surface area contributed by atoms with Crippen LogP contribution in [-0.2, 0) is 32.7 Å². The van der Waals surface area contributed by atoms with E-state index in [1.165, 1.54) is 173 Å². The van der Waals surface area contributed by atoms with Crippen molar-refractivity contribution in [1.82, 2.24) is 0 Å². The molecule has 0 bridgehead atoms. The van der Waals surface area contributed by atoms with Crippen molar-refractivity contribution in [3.05, 3.63) is 24.3 Å². The molecule has 2 atom stereocenters. The Kier molecular flexibility index (Phi) is 46.8. The predicted molar refractivity (Wildman–Crippen MR) is 257 cm³/mol. The van der Waals surface area contributed by atoms with Crippen LogP contribution >= 0.6 is 7.82 Å². The van der Waals surface area contributed by atoms with Crippen LogP contribution in [0.25, 0.3) is 0 Å². The third-order valence-corrected chi connectivity index (χ3v) is 12.3. The van der Waals surface area contributed by atoms with Gasteiger partial charge in [0.05, 0.1) is 13.2 Å². The molecule has 3 N–H and O–H groups in total. The molecule has 61 heavy (non-hydrogen) atoms. The van der Waals surface area contributed by atoms with E-state index in [2.05, 4.69) is 38.2 Å². The normalized spacial score (nSPS) is 13.3. The first-order valence-electron chi connectivity index (χ1n) is 25.8. The maximum atomic E-state index is 12.6. The van der Waals surface area contributed by atoms with Crippen molar-refractivity contribution in [1.29, 1.82) is 0 Å². The van der Waals surface area contributed by atoms with Crippen molar-refractivity contribution in [2.45, 2.75) is 264 Å². The van der Waals surface area contributed by atoms with Gasteiger partial charge in [0.1, 0.15) is 6.61 Å². The van der Waals surface area contributed by atoms with E-state index in [0.29, 0.717) is 6.42 Å². The van der Waals surface area contributed by atoms with E-state index < -0.39 is 26.5 Å². The van der Waals surface area contributed by atoms with Crippen molar-refractivity contribution in [2.75, 3.05) is 26.4 Å². The zero-order chi connectivity index (χ0) is 44.6. The number of carbonyl (C=O) groups excluding carboxylic acids is 2. The summed E-state index contributed by atoms with van der Waals surface area (Å²) in [5.41, 5.74) is 5.36. The van der Waals surface area contributed by atoms with Crippen molar-refractivity contribution in [2.24, 2.45) is 5.73 Å². The van der Waals surface area contributed by atoms with Crippen LogP contribution in [0.1, 0.15) is 258 Å². The maximum Gasteiger partial charge on any atom is 0.472 e. The molecule has 0 aliphatic carbocycles. The number of carbonyl (C=O) groups is 2. The SMILES string of the molecule is CCCCCC/C=C\CCCCCCCC(=O)OCC(COP(=O)(O)OCCN)OC(=O)CCCCCCCCCCCCCCCCC/C=C\CCCCCCCCCC. The minimum Gasteiger partial charge on any atom is -0.462 e. The quantitative estimate of drug-likeness (QED) is 0.0265. The average molecular weight is 884 g/mol. The number of phosphoric acid groups is 1. The van der Waals surface area contributed by atoms with Gasteiger partial charge in [-0.2, -0.15) is 0 Å². The second-order valence-electron chi connectivity index (χ2n) is 17.4. The van der Waals surface area contributed by atoms with E-state index >= 15 is 0 Å². The van der Waals surface area contributed by atoms with Crippen molar-refractivity contribution in [3.8, 4) is 0 Å². The fourth-order valence-corrected chi connectivity index (χ4v) is 8.21. The molecule has 0 aromatic rings. The van der Waals surface area contributed by atoms with Gasteiger partial charge in [0.2, 0.25) is 0 Å². The minimum atomic E-state index is -4.38. The molecular weight excluding hydrogens is 786 g/mol. The molecule has 0 aromatic heterocycles. The van der Waals surface area contributed by atoms with E-state index in [1.54, 1.807) is 0 Å². The molecule has 0 spiro atoms. The molecule has 0 rings (SSSR count). The highest BCUT2D eigenvalue weighted by Gasteiger charge is 2.26. The lowest BCUT2D eigenvalue weighted by atomic mass is 10.0. The van der Waals surface area contributed by atoms with Gasteiger partial charge in [0, 0.05) is 19.4 Å². The van der Waals surface area contributed by atoms with Gasteiger partial charge in [0.15, 0.2) is 6.10 Å². The third kappa shape index (κ3) is 47.8. The summed E-state index contributed by atoms with van der Waals surface area (Å²) < 4.78 is 32.9. The first-order chi connectivity index (χ1) is 29.8. The zero-order valence-electron chi connectivity index (χ0n) is 39.9. The lowest BCUT2D eigenvalue weighted by Crippen LogP contribution is -2.29. The number of unbranched alkanes of at least 4 members (excludes halogenated alkanes) is 32. The number of rotatable bonds is 49. The first kappa shape index (κ1) is 59.5. The molecular formula is C51H98NO8P. The molecule has 0 radical (unpaired) electrons. The van der Waals surface area contributed by atoms with Gasteiger partial charge in [-0.15, -0.1) is 0 Å². The molecule has 9 nitrogen and oxygen atoms in total. The van der Waals surface area contributed by atoms with Crippen molar-refractivity contribution in [3.63, 3.8) is 0 Å². The highest BCUT2D eigenvalue weighted by molar-refractivity contribution is 7.47. The van der Waals surface area contributed by atoms with Crippen LogP contribution in [0.5, 0.6) is 0 Å². The van der Waals surface area contributed by atoms with Crippen molar-refractivity contribution >= 4 is 19.8 Å². The molecule has 0 aromatic carbocycles. The lowest BCUT2D eigenvalue weighted by Gasteiger charge is -2.19. The second-order valence-corrected chi connectivity index (χ2v) is 18.8. The summed E-state index contributed by atoms with van der Waals surface area (Å²) in [4.78, 5) is 35.0. The third-order valence-electron chi connectivity index (χ3n) is 11.3. The van der Waals surface area contributed by atoms with Gasteiger partial charge in [-0.05, 0) is 64.2 Å². The number of allylic oxidation sites excluding steroid dienone is 4. The summed E-state index contributed by atoms with van der Waals surface area (Å²) in [5, 5.41) is 0. The van der Waals surface area contributed by atoms with Crippen LogP contribution < -0.4 is 5.73 Å². The highest BCUT2D eigenvalue weighted by Crippen LogP contribution is 2.43. The first-order valence-corrected chi connectivity index (χ1v) is 27.3. The number of hydrogen-bond acceptors (Lipinski definition) is 8. The van der Waals surface area contributed by atoms with Gasteiger partial charge >= 0.3 is 19.8 Å². The standard InChI is InChI=1S/C51H98NO8P/c1-3-5-7-9-11-13-15-17-18-19-20-21-22-23-24-25-26-27-28-29-30-32-34-36-38-40-42-44-51(54)60-49(48-59-61(55,56)58-46-45-52)47-57-50(53)43-41-39-37-35-33-31-16-14-12-10-8-6-4-2/h14,16,19-20,49H,3-13,15,17-18,21-48,52H2,1-2H3,(H,55,56)/b16-14-,20-19-. The van der Waals surface area contributed by atoms with Crippen molar-refractivity contribution < 1.29 is 37.6 Å². The largest absolute Gasteiger partial charge is 0.472 e. The Labute approximate surface area is 376 Å². The smallest absolute Gasteiger partial charge is 0.462 e. The Morgan fingerprint density at radius 3 is 1.18 bits per heavy atom. The van der Waals surface area contributed by atoms with E-state index in [4.69, 9.17) is 24.3 Å². The van der Waals surface area contributed by atoms with Gasteiger partial charge in [-0.25, -0.2) is 4.57 Å². The Morgan fingerprint density at radius 1 is 0.475 bits per heavy atom. The fourth-order valence-electron chi connectivity index (χ4n) is 7.45. The molecule has 0 amide bonds.